The van der Waals surface area contributed by atoms with Crippen molar-refractivity contribution in [2.75, 3.05) is 45.9 Å². The Kier molecular flexibility index (Phi) is 35.0. The maximum Gasteiger partial charge on any atom is 0.245 e. The summed E-state index contributed by atoms with van der Waals surface area (Å²) in [6, 6.07) is 3.35. The monoisotopic (exact) mass is 1730 g/mol. The predicted molar refractivity (Wildman–Crippen MR) is 456 cm³/mol. The van der Waals surface area contributed by atoms with Crippen molar-refractivity contribution in [3.8, 4) is 5.75 Å². The summed E-state index contributed by atoms with van der Waals surface area (Å²) in [6.45, 7) is 5.26. The average Bonchev–Trinajstić information content (AvgIpc) is 1.76. The lowest BCUT2D eigenvalue weighted by Gasteiger charge is -2.31. The van der Waals surface area contributed by atoms with Crippen LogP contribution in [0.4, 0.5) is 0 Å². The summed E-state index contributed by atoms with van der Waals surface area (Å²) in [4.78, 5) is 228. The van der Waals surface area contributed by atoms with Gasteiger partial charge in [-0.25, -0.2) is 4.98 Å². The SMILES string of the molecule is CC(C)CC(NC(=O)CNC(=O)C1CCCN1C(=O)C(CCCNC(=N)N)NC(=O)C(CC(C)C)NC(=O)C(Cc1c[nH]c2ccccc12)NC(=O)C(Cc1ccc(O)cc1)NC(=O)C(CO)NC(=O)C(Cc1c[nH]c2ccccc12)NC(=O)C(Cc1cnc[nH]1)NC(=O)C1CCC(=O)N1)C(=O)NC(CCCNC(=N)N)C(=O)N1CCCC1C(=O)NCC(N)=O. The summed E-state index contributed by atoms with van der Waals surface area (Å²) in [5.41, 5.74) is 19.5. The summed E-state index contributed by atoms with van der Waals surface area (Å²) in [6.07, 6.45) is 6.68. The van der Waals surface area contributed by atoms with E-state index in [1.54, 1.807) is 88.6 Å². The van der Waals surface area contributed by atoms with Gasteiger partial charge in [0.15, 0.2) is 11.9 Å². The molecule has 6 heterocycles. The van der Waals surface area contributed by atoms with Gasteiger partial charge in [-0.05, 0) is 123 Å². The number of aromatic hydroxyl groups is 1. The number of aromatic amines is 3. The molecule has 3 aliphatic heterocycles. The van der Waals surface area contributed by atoms with Gasteiger partial charge in [0.1, 0.15) is 78.3 Å². The number of carbonyl (C=O) groups is 15. The Balaban J connectivity index is 0.914. The number of benzene rings is 3. The molecule has 3 saturated heterocycles. The Morgan fingerprint density at radius 1 is 0.496 bits per heavy atom. The molecule has 42 nitrogen and oxygen atoms in total. The van der Waals surface area contributed by atoms with E-state index in [1.807, 2.05) is 0 Å². The second-order valence-corrected chi connectivity index (χ2v) is 32.2. The zero-order valence-corrected chi connectivity index (χ0v) is 70.2. The molecule has 3 aliphatic rings. The van der Waals surface area contributed by atoms with Crippen LogP contribution in [-0.2, 0) is 97.6 Å². The minimum absolute atomic E-state index is 0.00974. The molecule has 0 aliphatic carbocycles. The van der Waals surface area contributed by atoms with Crippen LogP contribution in [0.15, 0.2) is 97.7 Å². The van der Waals surface area contributed by atoms with E-state index in [9.17, 15) is 63.0 Å². The number of imidazole rings is 1. The van der Waals surface area contributed by atoms with Crippen LogP contribution in [0.5, 0.6) is 5.75 Å². The Bertz CT molecular complexity index is 4840. The molecular formula is C83H115N25O17. The fourth-order valence-corrected chi connectivity index (χ4v) is 15.4. The maximum absolute atomic E-state index is 15.4. The van der Waals surface area contributed by atoms with Gasteiger partial charge in [-0.3, -0.25) is 82.7 Å². The number of likely N-dealkylation sites (tertiary alicyclic amines) is 2. The highest BCUT2D eigenvalue weighted by Gasteiger charge is 2.43. The third-order valence-electron chi connectivity index (χ3n) is 21.6. The van der Waals surface area contributed by atoms with E-state index in [0.29, 0.717) is 57.0 Å². The van der Waals surface area contributed by atoms with Gasteiger partial charge >= 0.3 is 0 Å². The minimum Gasteiger partial charge on any atom is -0.508 e. The van der Waals surface area contributed by atoms with Crippen molar-refractivity contribution in [2.24, 2.45) is 29.0 Å². The average molecular weight is 1730 g/mol. The number of nitrogens with zero attached hydrogens (tertiary/aromatic N) is 3. The smallest absolute Gasteiger partial charge is 0.245 e. The van der Waals surface area contributed by atoms with Crippen LogP contribution < -0.4 is 91.6 Å². The lowest BCUT2D eigenvalue weighted by molar-refractivity contribution is -0.142. The first kappa shape index (κ1) is 95.1. The van der Waals surface area contributed by atoms with Crippen molar-refractivity contribution in [3.63, 3.8) is 0 Å². The first-order valence-corrected chi connectivity index (χ1v) is 41.8. The molecule has 6 aromatic rings. The fourth-order valence-electron chi connectivity index (χ4n) is 15.4. The number of H-pyrrole nitrogens is 3. The van der Waals surface area contributed by atoms with Gasteiger partial charge in [-0.1, -0.05) is 76.2 Å². The second-order valence-electron chi connectivity index (χ2n) is 32.2. The summed E-state index contributed by atoms with van der Waals surface area (Å²) < 4.78 is 0. The van der Waals surface area contributed by atoms with Crippen molar-refractivity contribution in [3.05, 3.63) is 120 Å². The van der Waals surface area contributed by atoms with E-state index in [2.05, 4.69) is 94.4 Å². The number of phenolic OH excluding ortho intramolecular Hbond substituents is 1. The van der Waals surface area contributed by atoms with E-state index in [-0.39, 0.29) is 151 Å². The van der Waals surface area contributed by atoms with Crippen LogP contribution in [0, 0.1) is 22.7 Å². The van der Waals surface area contributed by atoms with Gasteiger partial charge in [0.05, 0.1) is 26.0 Å². The number of aliphatic hydroxyl groups is 1. The number of guanidine groups is 2. The molecule has 125 heavy (non-hydrogen) atoms. The number of amides is 15. The highest BCUT2D eigenvalue weighted by Crippen LogP contribution is 2.26. The Labute approximate surface area is 720 Å². The zero-order valence-electron chi connectivity index (χ0n) is 70.2. The molecule has 3 fully saturated rings. The maximum atomic E-state index is 15.4. The van der Waals surface area contributed by atoms with Gasteiger partial charge in [0, 0.05) is 104 Å². The molecule has 12 unspecified atom stereocenters. The van der Waals surface area contributed by atoms with E-state index >= 15 is 19.2 Å². The number of carbonyl (C=O) groups excluding carboxylic acids is 15. The van der Waals surface area contributed by atoms with Crippen molar-refractivity contribution in [1.29, 1.82) is 10.8 Å². The number of phenols is 1. The van der Waals surface area contributed by atoms with Crippen LogP contribution in [0.1, 0.15) is 127 Å². The Morgan fingerprint density at radius 3 is 1.38 bits per heavy atom. The number of aliphatic hydroxyl groups excluding tert-OH is 1. The van der Waals surface area contributed by atoms with Gasteiger partial charge < -0.3 is 127 Å². The van der Waals surface area contributed by atoms with Crippen molar-refractivity contribution in [1.82, 2.24) is 104 Å². The normalized spacial score (nSPS) is 17.0. The number of primary amides is 1. The molecule has 12 atom stereocenters. The summed E-state index contributed by atoms with van der Waals surface area (Å²) in [7, 11) is 0. The lowest BCUT2D eigenvalue weighted by atomic mass is 9.99. The second kappa shape index (κ2) is 46.0. The number of hydrogen-bond donors (Lipinski definition) is 24. The van der Waals surface area contributed by atoms with Gasteiger partial charge in [0.2, 0.25) is 88.6 Å². The van der Waals surface area contributed by atoms with Gasteiger partial charge in [-0.2, -0.15) is 0 Å². The largest absolute Gasteiger partial charge is 0.508 e. The number of hydrogen-bond acceptors (Lipinski definition) is 20. The quantitative estimate of drug-likeness (QED) is 0.00993. The Morgan fingerprint density at radius 2 is 0.928 bits per heavy atom. The van der Waals surface area contributed by atoms with Crippen LogP contribution in [0.3, 0.4) is 0 Å². The molecule has 0 radical (unpaired) electrons. The van der Waals surface area contributed by atoms with E-state index < -0.39 is 175 Å². The fraction of sp³-hybridized carbons (Fsp3) is 0.494. The number of fused-ring (bicyclic) bond motifs is 2. The molecule has 0 saturated carbocycles. The minimum atomic E-state index is -1.85. The van der Waals surface area contributed by atoms with Crippen LogP contribution in [0.2, 0.25) is 0 Å². The standard InChI is InChI=1S/C83H115N25O17/c1-44(2)31-58(71(115)99-56(17-9-27-90-82(85)86)80(124)107-29-11-19-65(107)78(122)94-40-67(84)111)98-69(113)41-95-79(123)66-20-12-30-108(66)81(125)57(18-10-28-91-83(87)88)100-72(116)59(32-45(3)4)101-74(118)61(34-47-37-92-53-15-7-5-13-51(47)53)103-73(117)60(33-46-21-23-50(110)24-22-46)102-77(121)64(42-109)106-75(119)62(35-48-38-93-54-16-8-6-14-52(48)54)104-76(120)63(36-49-39-89-43-96-49)105-70(114)55-25-26-68(112)97-55/h5-8,13-16,21-24,37-39,43-45,55-66,92-93,109-110H,9-12,17-20,25-36,40-42H2,1-4H3,(H2,84,111)(H,89,96)(H,94,122)(H,95,123)(H,97,112)(H,98,113)(H,99,115)(H,100,116)(H,101,118)(H,102,121)(H,103,117)(H,104,120)(H,105,114)(H,106,119)(H4,85,86,90)(H4,87,88,91). The molecule has 3 aromatic carbocycles. The molecule has 15 amide bonds. The molecule has 674 valence electrons. The van der Waals surface area contributed by atoms with Gasteiger partial charge in [-0.15, -0.1) is 0 Å². The first-order chi connectivity index (χ1) is 59.7. The van der Waals surface area contributed by atoms with Crippen molar-refractivity contribution in [2.45, 2.75) is 203 Å². The van der Waals surface area contributed by atoms with Gasteiger partial charge in [0.25, 0.3) is 0 Å². The van der Waals surface area contributed by atoms with Crippen LogP contribution in [-0.4, -0.2) is 259 Å². The molecule has 0 spiro atoms. The molecule has 27 N–H and O–H groups in total. The number of rotatable bonds is 46. The lowest BCUT2D eigenvalue weighted by Crippen LogP contribution is -2.61. The van der Waals surface area contributed by atoms with Crippen molar-refractivity contribution < 1.29 is 82.1 Å². The first-order valence-electron chi connectivity index (χ1n) is 41.8. The number of nitrogens with one attached hydrogen (secondary N) is 19. The van der Waals surface area contributed by atoms with E-state index in [1.165, 1.54) is 46.6 Å². The molecule has 9 rings (SSSR count). The molecule has 42 heteroatoms. The predicted octanol–water partition coefficient (Wildman–Crippen LogP) is -3.70. The third kappa shape index (κ3) is 28.2. The van der Waals surface area contributed by atoms with Crippen LogP contribution >= 0.6 is 0 Å². The molecule has 0 bridgehead atoms. The molecule has 3 aromatic heterocycles. The van der Waals surface area contributed by atoms with E-state index in [4.69, 9.17) is 28.0 Å². The topological polar surface area (TPSA) is 657 Å². The highest BCUT2D eigenvalue weighted by atomic mass is 16.3. The van der Waals surface area contributed by atoms with E-state index in [0.717, 1.165) is 0 Å². The van der Waals surface area contributed by atoms with Crippen molar-refractivity contribution >= 4 is 122 Å². The van der Waals surface area contributed by atoms with Crippen LogP contribution in [0.25, 0.3) is 21.8 Å². The summed E-state index contributed by atoms with van der Waals surface area (Å²) in [5, 5.41) is 75.3. The Hall–Kier alpha value is -13.7. The summed E-state index contributed by atoms with van der Waals surface area (Å²) in [5.74, 6) is -13.3. The zero-order chi connectivity index (χ0) is 90.6. The number of aromatic nitrogens is 4. The summed E-state index contributed by atoms with van der Waals surface area (Å²) >= 11 is 0. The highest BCUT2D eigenvalue weighted by molar-refractivity contribution is 6.01. The number of nitrogens with two attached hydrogens (primary N) is 3. The number of para-hydroxylation sites is 2. The molecular weight excluding hydrogens is 1620 g/mol. The third-order valence-corrected chi connectivity index (χ3v) is 21.6.